The number of hydrogen-bond donors (Lipinski definition) is 1. The van der Waals surface area contributed by atoms with Crippen LogP contribution in [0.1, 0.15) is 18.5 Å². The molecule has 0 heterocycles. The smallest absolute Gasteiger partial charge is 0.258 e. The van der Waals surface area contributed by atoms with Gasteiger partial charge in [0.1, 0.15) is 11.5 Å². The van der Waals surface area contributed by atoms with E-state index in [0.717, 1.165) is 22.1 Å². The predicted molar refractivity (Wildman–Crippen MR) is 99.0 cm³/mol. The first-order valence-corrected chi connectivity index (χ1v) is 8.22. The number of carbonyl (C=O) groups is 1. The lowest BCUT2D eigenvalue weighted by Gasteiger charge is -2.17. The lowest BCUT2D eigenvalue weighted by molar-refractivity contribution is -0.123. The average Bonchev–Trinajstić information content (AvgIpc) is 2.66. The molecule has 0 bridgehead atoms. The van der Waals surface area contributed by atoms with Crippen LogP contribution < -0.4 is 14.8 Å². The zero-order chi connectivity index (χ0) is 17.6. The highest BCUT2D eigenvalue weighted by molar-refractivity contribution is 5.88. The normalized spacial score (nSPS) is 11.8. The van der Waals surface area contributed by atoms with Crippen LogP contribution in [-0.2, 0) is 4.79 Å². The first kappa shape index (κ1) is 16.8. The van der Waals surface area contributed by atoms with Crippen LogP contribution in [0.25, 0.3) is 10.8 Å². The van der Waals surface area contributed by atoms with E-state index >= 15 is 0 Å². The van der Waals surface area contributed by atoms with Crippen LogP contribution >= 0.6 is 0 Å². The molecular weight excluding hydrogens is 314 g/mol. The van der Waals surface area contributed by atoms with E-state index < -0.39 is 0 Å². The Morgan fingerprint density at radius 2 is 1.64 bits per heavy atom. The van der Waals surface area contributed by atoms with Gasteiger partial charge in [0.2, 0.25) is 0 Å². The molecule has 25 heavy (non-hydrogen) atoms. The number of methoxy groups -OCH3 is 1. The number of rotatable bonds is 6. The molecule has 4 heteroatoms. The fraction of sp³-hybridized carbons (Fsp3) is 0.190. The maximum Gasteiger partial charge on any atom is 0.258 e. The first-order valence-electron chi connectivity index (χ1n) is 8.22. The second kappa shape index (κ2) is 7.71. The first-order chi connectivity index (χ1) is 12.2. The summed E-state index contributed by atoms with van der Waals surface area (Å²) in [4.78, 5) is 12.3. The van der Waals surface area contributed by atoms with E-state index in [-0.39, 0.29) is 18.6 Å². The minimum absolute atomic E-state index is 0.0342. The van der Waals surface area contributed by atoms with Crippen molar-refractivity contribution in [2.75, 3.05) is 13.7 Å². The van der Waals surface area contributed by atoms with Gasteiger partial charge in [0.25, 0.3) is 5.91 Å². The van der Waals surface area contributed by atoms with E-state index in [2.05, 4.69) is 5.32 Å². The molecule has 128 valence electrons. The molecule has 1 atom stereocenters. The molecule has 1 N–H and O–H groups in total. The molecule has 3 aromatic carbocycles. The van der Waals surface area contributed by atoms with Crippen LogP contribution in [-0.4, -0.2) is 19.6 Å². The zero-order valence-corrected chi connectivity index (χ0v) is 14.4. The molecule has 3 rings (SSSR count). The van der Waals surface area contributed by atoms with Crippen molar-refractivity contribution >= 4 is 16.7 Å². The van der Waals surface area contributed by atoms with Crippen LogP contribution in [0.4, 0.5) is 0 Å². The molecule has 0 aliphatic heterocycles. The van der Waals surface area contributed by atoms with Crippen LogP contribution in [0.3, 0.4) is 0 Å². The van der Waals surface area contributed by atoms with Crippen molar-refractivity contribution in [3.05, 3.63) is 72.3 Å². The molecule has 0 aliphatic carbocycles. The Kier molecular flexibility index (Phi) is 5.19. The van der Waals surface area contributed by atoms with E-state index in [1.807, 2.05) is 73.7 Å². The van der Waals surface area contributed by atoms with E-state index in [0.29, 0.717) is 5.75 Å². The van der Waals surface area contributed by atoms with E-state index in [1.165, 1.54) is 0 Å². The summed E-state index contributed by atoms with van der Waals surface area (Å²) >= 11 is 0. The van der Waals surface area contributed by atoms with E-state index in [9.17, 15) is 4.79 Å². The zero-order valence-electron chi connectivity index (χ0n) is 14.4. The highest BCUT2D eigenvalue weighted by Crippen LogP contribution is 2.26. The number of nitrogens with one attached hydrogen (secondary N) is 1. The Bertz CT molecular complexity index is 870. The fourth-order valence-electron chi connectivity index (χ4n) is 2.85. The minimum atomic E-state index is -0.175. The molecule has 0 unspecified atom stereocenters. The van der Waals surface area contributed by atoms with E-state index in [4.69, 9.17) is 9.47 Å². The van der Waals surface area contributed by atoms with Gasteiger partial charge in [-0.3, -0.25) is 4.79 Å². The number of hydrogen-bond acceptors (Lipinski definition) is 3. The van der Waals surface area contributed by atoms with E-state index in [1.54, 1.807) is 7.11 Å². The topological polar surface area (TPSA) is 47.6 Å². The molecule has 0 aliphatic rings. The van der Waals surface area contributed by atoms with Crippen molar-refractivity contribution in [1.82, 2.24) is 5.32 Å². The molecule has 0 saturated carbocycles. The molecule has 0 fully saturated rings. The van der Waals surface area contributed by atoms with Crippen molar-refractivity contribution in [2.24, 2.45) is 0 Å². The third-order valence-corrected chi connectivity index (χ3v) is 4.09. The molecule has 1 amide bonds. The lowest BCUT2D eigenvalue weighted by atomic mass is 10.1. The number of fused-ring (bicyclic) bond motifs is 1. The van der Waals surface area contributed by atoms with Crippen LogP contribution in [0.15, 0.2) is 66.7 Å². The van der Waals surface area contributed by atoms with Gasteiger partial charge >= 0.3 is 0 Å². The van der Waals surface area contributed by atoms with Gasteiger partial charge in [0.15, 0.2) is 6.61 Å². The summed E-state index contributed by atoms with van der Waals surface area (Å²) < 4.78 is 11.1. The van der Waals surface area contributed by atoms with Gasteiger partial charge in [0, 0.05) is 10.9 Å². The summed E-state index contributed by atoms with van der Waals surface area (Å²) in [6.07, 6.45) is 0. The quantitative estimate of drug-likeness (QED) is 0.737. The lowest BCUT2D eigenvalue weighted by Crippen LogP contribution is -2.31. The number of para-hydroxylation sites is 1. The molecule has 3 aromatic rings. The van der Waals surface area contributed by atoms with Gasteiger partial charge < -0.3 is 14.8 Å². The van der Waals surface area contributed by atoms with Crippen molar-refractivity contribution in [3.63, 3.8) is 0 Å². The summed E-state index contributed by atoms with van der Waals surface area (Å²) in [5.41, 5.74) is 0.934. The van der Waals surface area contributed by atoms with Crippen molar-refractivity contribution in [3.8, 4) is 11.5 Å². The molecular formula is C21H21NO3. The maximum atomic E-state index is 12.3. The van der Waals surface area contributed by atoms with Gasteiger partial charge in [-0.15, -0.1) is 0 Å². The van der Waals surface area contributed by atoms with Gasteiger partial charge in [-0.1, -0.05) is 54.6 Å². The predicted octanol–water partition coefficient (Wildman–Crippen LogP) is 4.10. The number of amides is 1. The summed E-state index contributed by atoms with van der Waals surface area (Å²) in [6, 6.07) is 21.2. The molecule has 0 aromatic heterocycles. The Hall–Kier alpha value is -3.01. The Labute approximate surface area is 147 Å². The van der Waals surface area contributed by atoms with Gasteiger partial charge in [0.05, 0.1) is 13.2 Å². The minimum Gasteiger partial charge on any atom is -0.496 e. The summed E-state index contributed by atoms with van der Waals surface area (Å²) in [7, 11) is 1.62. The van der Waals surface area contributed by atoms with Crippen molar-refractivity contribution < 1.29 is 14.3 Å². The number of carbonyl (C=O) groups excluding carboxylic acids is 1. The van der Waals surface area contributed by atoms with Gasteiger partial charge in [-0.2, -0.15) is 0 Å². The highest BCUT2D eigenvalue weighted by atomic mass is 16.5. The van der Waals surface area contributed by atoms with Gasteiger partial charge in [-0.05, 0) is 24.4 Å². The third kappa shape index (κ3) is 3.91. The summed E-state index contributed by atoms with van der Waals surface area (Å²) in [6.45, 7) is 1.89. The Balaban J connectivity index is 1.64. The molecule has 0 saturated heterocycles. The number of ether oxygens (including phenoxy) is 2. The second-order valence-corrected chi connectivity index (χ2v) is 5.80. The molecule has 4 nitrogen and oxygen atoms in total. The largest absolute Gasteiger partial charge is 0.496 e. The van der Waals surface area contributed by atoms with Crippen LogP contribution in [0.2, 0.25) is 0 Å². The van der Waals surface area contributed by atoms with Crippen LogP contribution in [0, 0.1) is 0 Å². The molecule has 0 radical (unpaired) electrons. The maximum absolute atomic E-state index is 12.3. The summed E-state index contributed by atoms with van der Waals surface area (Å²) in [5.74, 6) is 1.29. The molecule has 0 spiro atoms. The van der Waals surface area contributed by atoms with Crippen molar-refractivity contribution in [2.45, 2.75) is 13.0 Å². The third-order valence-electron chi connectivity index (χ3n) is 4.09. The van der Waals surface area contributed by atoms with Crippen molar-refractivity contribution in [1.29, 1.82) is 0 Å². The Morgan fingerprint density at radius 1 is 0.960 bits per heavy atom. The average molecular weight is 335 g/mol. The summed E-state index contributed by atoms with van der Waals surface area (Å²) in [5, 5.41) is 5.03. The fourth-order valence-corrected chi connectivity index (χ4v) is 2.85. The monoisotopic (exact) mass is 335 g/mol. The van der Waals surface area contributed by atoms with Crippen LogP contribution in [0.5, 0.6) is 11.5 Å². The Morgan fingerprint density at radius 3 is 2.48 bits per heavy atom. The van der Waals surface area contributed by atoms with Gasteiger partial charge in [-0.25, -0.2) is 0 Å². The SMILES string of the molecule is COc1ccccc1[C@H](C)NC(=O)COc1cccc2ccccc12. The standard InChI is InChI=1S/C21H21NO3/c1-15(17-10-5-6-12-19(17)24-2)22-21(23)14-25-20-13-7-9-16-8-3-4-11-18(16)20/h3-13,15H,14H2,1-2H3,(H,22,23)/t15-/m0/s1. The number of benzene rings is 3. The highest BCUT2D eigenvalue weighted by Gasteiger charge is 2.14. The second-order valence-electron chi connectivity index (χ2n) is 5.80.